The molecule has 0 bridgehead atoms. The Morgan fingerprint density at radius 2 is 1.50 bits per heavy atom. The van der Waals surface area contributed by atoms with Crippen LogP contribution in [0.15, 0.2) is 65.6 Å². The van der Waals surface area contributed by atoms with Crippen LogP contribution in [-0.4, -0.2) is 32.4 Å². The normalized spacial score (nSPS) is 18.4. The molecular weight excluding hydrogens is 320 g/mol. The lowest BCUT2D eigenvalue weighted by Gasteiger charge is -2.36. The third-order valence-electron chi connectivity index (χ3n) is 4.73. The zero-order valence-corrected chi connectivity index (χ0v) is 14.7. The highest BCUT2D eigenvalue weighted by atomic mass is 32.2. The Kier molecular flexibility index (Phi) is 5.33. The molecule has 2 aromatic carbocycles. The van der Waals surface area contributed by atoms with E-state index < -0.39 is 10.0 Å². The van der Waals surface area contributed by atoms with Crippen molar-refractivity contribution >= 4 is 10.0 Å². The molecule has 3 rings (SSSR count). The van der Waals surface area contributed by atoms with Crippen LogP contribution in [0.4, 0.5) is 0 Å². The average Bonchev–Trinajstić information content (AvgIpc) is 2.63. The second-order valence-corrected chi connectivity index (χ2v) is 8.05. The lowest BCUT2D eigenvalue weighted by Crippen LogP contribution is -2.45. The topological polar surface area (TPSA) is 49.4 Å². The molecule has 1 aliphatic heterocycles. The minimum atomic E-state index is -3.42. The van der Waals surface area contributed by atoms with E-state index in [0.29, 0.717) is 10.9 Å². The average molecular weight is 344 g/mol. The highest BCUT2D eigenvalue weighted by Gasteiger charge is 2.26. The highest BCUT2D eigenvalue weighted by Crippen LogP contribution is 2.24. The van der Waals surface area contributed by atoms with E-state index in [9.17, 15) is 8.42 Å². The van der Waals surface area contributed by atoms with Gasteiger partial charge in [0.2, 0.25) is 10.0 Å². The number of hydrogen-bond acceptors (Lipinski definition) is 3. The molecule has 1 atom stereocenters. The largest absolute Gasteiger partial charge is 0.296 e. The molecule has 1 unspecified atom stereocenters. The zero-order chi connectivity index (χ0) is 17.0. The third-order valence-corrected chi connectivity index (χ3v) is 6.27. The maximum Gasteiger partial charge on any atom is 0.240 e. The Balaban J connectivity index is 1.58. The summed E-state index contributed by atoms with van der Waals surface area (Å²) in [5.41, 5.74) is 1.31. The van der Waals surface area contributed by atoms with Gasteiger partial charge in [0, 0.05) is 25.2 Å². The molecule has 0 aliphatic carbocycles. The van der Waals surface area contributed by atoms with Crippen LogP contribution in [0.5, 0.6) is 0 Å². The zero-order valence-electron chi connectivity index (χ0n) is 13.9. The van der Waals surface area contributed by atoms with E-state index >= 15 is 0 Å². The molecule has 1 saturated heterocycles. The molecule has 0 saturated carbocycles. The summed E-state index contributed by atoms with van der Waals surface area (Å²) in [6.07, 6.45) is 1.67. The smallest absolute Gasteiger partial charge is 0.240 e. The maximum atomic E-state index is 12.4. The van der Waals surface area contributed by atoms with Crippen LogP contribution < -0.4 is 4.72 Å². The molecule has 0 amide bonds. The van der Waals surface area contributed by atoms with Gasteiger partial charge in [-0.2, -0.15) is 0 Å². The van der Waals surface area contributed by atoms with Crippen molar-refractivity contribution in [3.8, 4) is 0 Å². The van der Waals surface area contributed by atoms with Gasteiger partial charge in [-0.05, 0) is 37.5 Å². The van der Waals surface area contributed by atoms with Crippen LogP contribution in [0.1, 0.15) is 31.4 Å². The highest BCUT2D eigenvalue weighted by molar-refractivity contribution is 7.89. The van der Waals surface area contributed by atoms with Gasteiger partial charge in [-0.3, -0.25) is 4.90 Å². The molecule has 4 nitrogen and oxygen atoms in total. The van der Waals surface area contributed by atoms with Crippen LogP contribution >= 0.6 is 0 Å². The molecule has 2 aromatic rings. The molecule has 1 aliphatic rings. The summed E-state index contributed by atoms with van der Waals surface area (Å²) in [4.78, 5) is 2.76. The van der Waals surface area contributed by atoms with E-state index in [1.165, 1.54) is 5.56 Å². The minimum Gasteiger partial charge on any atom is -0.296 e. The van der Waals surface area contributed by atoms with Crippen molar-refractivity contribution in [2.24, 2.45) is 0 Å². The van der Waals surface area contributed by atoms with Gasteiger partial charge in [-0.1, -0.05) is 48.5 Å². The Morgan fingerprint density at radius 3 is 2.08 bits per heavy atom. The quantitative estimate of drug-likeness (QED) is 0.906. The van der Waals surface area contributed by atoms with Crippen molar-refractivity contribution in [2.45, 2.75) is 36.7 Å². The van der Waals surface area contributed by atoms with Gasteiger partial charge in [0.1, 0.15) is 0 Å². The molecule has 1 fully saturated rings. The predicted molar refractivity (Wildman–Crippen MR) is 96.2 cm³/mol. The van der Waals surface area contributed by atoms with E-state index in [1.807, 2.05) is 12.1 Å². The summed E-state index contributed by atoms with van der Waals surface area (Å²) in [5, 5.41) is 0. The summed E-state index contributed by atoms with van der Waals surface area (Å²) >= 11 is 0. The number of hydrogen-bond donors (Lipinski definition) is 1. The van der Waals surface area contributed by atoms with Crippen LogP contribution in [0.25, 0.3) is 0 Å². The number of nitrogens with zero attached hydrogens (tertiary/aromatic N) is 1. The molecule has 128 valence electrons. The van der Waals surface area contributed by atoms with E-state index in [2.05, 4.69) is 40.8 Å². The molecule has 1 N–H and O–H groups in total. The molecule has 0 aromatic heterocycles. The first-order valence-corrected chi connectivity index (χ1v) is 9.91. The van der Waals surface area contributed by atoms with Crippen LogP contribution in [-0.2, 0) is 10.0 Å². The van der Waals surface area contributed by atoms with Crippen molar-refractivity contribution in [3.05, 3.63) is 66.2 Å². The van der Waals surface area contributed by atoms with E-state index in [4.69, 9.17) is 0 Å². The lowest BCUT2D eigenvalue weighted by molar-refractivity contribution is 0.159. The Bertz CT molecular complexity index is 739. The second-order valence-electron chi connectivity index (χ2n) is 6.33. The molecule has 1 heterocycles. The van der Waals surface area contributed by atoms with E-state index in [1.54, 1.807) is 24.3 Å². The number of sulfonamides is 1. The Morgan fingerprint density at radius 1 is 0.958 bits per heavy atom. The van der Waals surface area contributed by atoms with Crippen molar-refractivity contribution in [3.63, 3.8) is 0 Å². The fourth-order valence-electron chi connectivity index (χ4n) is 3.23. The van der Waals surface area contributed by atoms with Crippen LogP contribution in [0.3, 0.4) is 0 Å². The Labute approximate surface area is 144 Å². The van der Waals surface area contributed by atoms with E-state index in [-0.39, 0.29) is 6.04 Å². The fourth-order valence-corrected chi connectivity index (χ4v) is 4.56. The molecule has 0 radical (unpaired) electrons. The monoisotopic (exact) mass is 344 g/mol. The van der Waals surface area contributed by atoms with Gasteiger partial charge in [0.15, 0.2) is 0 Å². The van der Waals surface area contributed by atoms with Crippen LogP contribution in [0, 0.1) is 0 Å². The van der Waals surface area contributed by atoms with Gasteiger partial charge in [0.05, 0.1) is 4.90 Å². The van der Waals surface area contributed by atoms with Crippen molar-refractivity contribution in [1.82, 2.24) is 9.62 Å². The molecular formula is C19H24N2O2S. The summed E-state index contributed by atoms with van der Waals surface area (Å²) in [5.74, 6) is 0. The van der Waals surface area contributed by atoms with Gasteiger partial charge in [0.25, 0.3) is 0 Å². The second kappa shape index (κ2) is 7.47. The number of likely N-dealkylation sites (tertiary alicyclic amines) is 1. The first kappa shape index (κ1) is 17.1. The predicted octanol–water partition coefficient (Wildman–Crippen LogP) is 3.19. The van der Waals surface area contributed by atoms with E-state index in [0.717, 1.165) is 25.9 Å². The summed E-state index contributed by atoms with van der Waals surface area (Å²) in [7, 11) is -3.42. The lowest BCUT2D eigenvalue weighted by atomic mass is 10.0. The van der Waals surface area contributed by atoms with Crippen LogP contribution in [0.2, 0.25) is 0 Å². The summed E-state index contributed by atoms with van der Waals surface area (Å²) in [6.45, 7) is 4.01. The van der Waals surface area contributed by atoms with Crippen molar-refractivity contribution < 1.29 is 8.42 Å². The SMILES string of the molecule is CC(c1ccccc1)N1CCC(NS(=O)(=O)c2ccccc2)CC1. The van der Waals surface area contributed by atoms with Crippen molar-refractivity contribution in [1.29, 1.82) is 0 Å². The molecule has 0 spiro atoms. The first-order chi connectivity index (χ1) is 11.6. The number of rotatable bonds is 5. The first-order valence-electron chi connectivity index (χ1n) is 8.42. The number of piperidine rings is 1. The van der Waals surface area contributed by atoms with Gasteiger partial charge < -0.3 is 0 Å². The summed E-state index contributed by atoms with van der Waals surface area (Å²) in [6, 6.07) is 19.4. The molecule has 24 heavy (non-hydrogen) atoms. The van der Waals surface area contributed by atoms with Gasteiger partial charge >= 0.3 is 0 Å². The van der Waals surface area contributed by atoms with Crippen molar-refractivity contribution in [2.75, 3.05) is 13.1 Å². The van der Waals surface area contributed by atoms with Gasteiger partial charge in [-0.15, -0.1) is 0 Å². The van der Waals surface area contributed by atoms with Gasteiger partial charge in [-0.25, -0.2) is 13.1 Å². The number of nitrogens with one attached hydrogen (secondary N) is 1. The third kappa shape index (κ3) is 4.04. The number of benzene rings is 2. The Hall–Kier alpha value is -1.69. The maximum absolute atomic E-state index is 12.4. The minimum absolute atomic E-state index is 0.00873. The molecule has 5 heteroatoms. The fraction of sp³-hybridized carbons (Fsp3) is 0.368. The standard InChI is InChI=1S/C19H24N2O2S/c1-16(17-8-4-2-5-9-17)21-14-12-18(13-15-21)20-24(22,23)19-10-6-3-7-11-19/h2-11,16,18,20H,12-15H2,1H3. The summed E-state index contributed by atoms with van der Waals surface area (Å²) < 4.78 is 27.7.